The highest BCUT2D eigenvalue weighted by Crippen LogP contribution is 2.18. The normalized spacial score (nSPS) is 9.92. The molecule has 13 heavy (non-hydrogen) atoms. The summed E-state index contributed by atoms with van der Waals surface area (Å²) < 4.78 is 4.59. The first-order valence-corrected chi connectivity index (χ1v) is 4.53. The molecule has 1 aromatic rings. The summed E-state index contributed by atoms with van der Waals surface area (Å²) in [6.07, 6.45) is 1.26. The van der Waals surface area contributed by atoms with Gasteiger partial charge in [-0.1, -0.05) is 0 Å². The zero-order valence-corrected chi connectivity index (χ0v) is 7.76. The van der Waals surface area contributed by atoms with Gasteiger partial charge in [0.25, 0.3) is 0 Å². The van der Waals surface area contributed by atoms with E-state index < -0.39 is 11.6 Å². The number of thioether (sulfide) groups is 1. The van der Waals surface area contributed by atoms with Crippen LogP contribution in [0.15, 0.2) is 26.4 Å². The van der Waals surface area contributed by atoms with Gasteiger partial charge in [-0.05, 0) is 13.0 Å². The Morgan fingerprint density at radius 3 is 3.00 bits per heavy atom. The van der Waals surface area contributed by atoms with Crippen molar-refractivity contribution < 1.29 is 14.3 Å². The lowest BCUT2D eigenvalue weighted by atomic mass is 10.3. The lowest BCUT2D eigenvalue weighted by molar-refractivity contribution is -0.133. The van der Waals surface area contributed by atoms with E-state index in [1.807, 2.05) is 0 Å². The summed E-state index contributed by atoms with van der Waals surface area (Å²) in [6.45, 7) is 1.61. The summed E-state index contributed by atoms with van der Waals surface area (Å²) in [5, 5.41) is 8.41. The zero-order chi connectivity index (χ0) is 9.84. The molecule has 1 heterocycles. The van der Waals surface area contributed by atoms with E-state index in [1.54, 1.807) is 13.0 Å². The smallest absolute Gasteiger partial charge is 0.339 e. The van der Waals surface area contributed by atoms with Gasteiger partial charge in [0, 0.05) is 10.5 Å². The van der Waals surface area contributed by atoms with Crippen molar-refractivity contribution in [2.45, 2.75) is 11.8 Å². The highest BCUT2D eigenvalue weighted by atomic mass is 32.2. The van der Waals surface area contributed by atoms with E-state index in [1.165, 1.54) is 6.26 Å². The maximum absolute atomic E-state index is 11.0. The molecule has 0 saturated carbocycles. The highest BCUT2D eigenvalue weighted by Gasteiger charge is 2.05. The first-order valence-electron chi connectivity index (χ1n) is 3.54. The van der Waals surface area contributed by atoms with Gasteiger partial charge in [-0.2, -0.15) is 0 Å². The summed E-state index contributed by atoms with van der Waals surface area (Å²) >= 11 is 1.11. The number of hydrogen-bond donors (Lipinski definition) is 1. The summed E-state index contributed by atoms with van der Waals surface area (Å²) in [4.78, 5) is 21.9. The maximum atomic E-state index is 11.0. The number of hydrogen-bond acceptors (Lipinski definition) is 4. The number of carbonyl (C=O) groups is 1. The van der Waals surface area contributed by atoms with Crippen LogP contribution in [-0.4, -0.2) is 16.8 Å². The Kier molecular flexibility index (Phi) is 3.13. The molecular weight excluding hydrogens is 192 g/mol. The lowest BCUT2D eigenvalue weighted by Crippen LogP contribution is -2.05. The Hall–Kier alpha value is -1.23. The number of carboxylic acids is 1. The van der Waals surface area contributed by atoms with Crippen LogP contribution < -0.4 is 5.63 Å². The molecule has 0 aromatic carbocycles. The number of carboxylic acid groups (broad SMARTS) is 1. The van der Waals surface area contributed by atoms with E-state index in [9.17, 15) is 9.59 Å². The first kappa shape index (κ1) is 9.85. The molecule has 0 atom stereocenters. The molecular formula is C8H8O4S. The molecule has 70 valence electrons. The second kappa shape index (κ2) is 4.13. The average Bonchev–Trinajstić information content (AvgIpc) is 2.07. The van der Waals surface area contributed by atoms with E-state index in [2.05, 4.69) is 4.42 Å². The molecule has 5 heteroatoms. The van der Waals surface area contributed by atoms with Crippen LogP contribution in [0.1, 0.15) is 5.56 Å². The van der Waals surface area contributed by atoms with Crippen molar-refractivity contribution in [1.82, 2.24) is 0 Å². The fraction of sp³-hybridized carbons (Fsp3) is 0.250. The van der Waals surface area contributed by atoms with Crippen molar-refractivity contribution >= 4 is 17.7 Å². The van der Waals surface area contributed by atoms with E-state index >= 15 is 0 Å². The van der Waals surface area contributed by atoms with Gasteiger partial charge >= 0.3 is 11.6 Å². The standard InChI is InChI=1S/C8H8O4S/c1-5-6(13-4-7(9)10)2-3-12-8(5)11/h2-3H,4H2,1H3,(H,9,10). The quantitative estimate of drug-likeness (QED) is 0.740. The van der Waals surface area contributed by atoms with E-state index in [0.29, 0.717) is 10.5 Å². The fourth-order valence-corrected chi connectivity index (χ4v) is 1.50. The maximum Gasteiger partial charge on any atom is 0.339 e. The second-order valence-corrected chi connectivity index (χ2v) is 3.40. The Morgan fingerprint density at radius 2 is 2.38 bits per heavy atom. The van der Waals surface area contributed by atoms with Crippen molar-refractivity contribution in [3.8, 4) is 0 Å². The molecule has 0 spiro atoms. The van der Waals surface area contributed by atoms with Crippen molar-refractivity contribution in [3.05, 3.63) is 28.3 Å². The van der Waals surface area contributed by atoms with Crippen LogP contribution in [-0.2, 0) is 4.79 Å². The van der Waals surface area contributed by atoms with Crippen LogP contribution in [0, 0.1) is 6.92 Å². The minimum absolute atomic E-state index is 0.0513. The summed E-state index contributed by atoms with van der Waals surface area (Å²) in [5.41, 5.74) is 0.0316. The van der Waals surface area contributed by atoms with E-state index in [4.69, 9.17) is 5.11 Å². The second-order valence-electron chi connectivity index (χ2n) is 2.38. The summed E-state index contributed by atoms with van der Waals surface area (Å²) in [6, 6.07) is 1.59. The molecule has 0 aliphatic heterocycles. The van der Waals surface area contributed by atoms with Crippen LogP contribution in [0.4, 0.5) is 0 Å². The molecule has 0 aliphatic carbocycles. The van der Waals surface area contributed by atoms with E-state index in [-0.39, 0.29) is 5.75 Å². The minimum Gasteiger partial charge on any atom is -0.481 e. The Bertz CT molecular complexity index is 369. The largest absolute Gasteiger partial charge is 0.481 e. The molecule has 0 bridgehead atoms. The molecule has 1 rings (SSSR count). The molecule has 0 aliphatic rings. The third-order valence-electron chi connectivity index (χ3n) is 1.42. The van der Waals surface area contributed by atoms with Crippen LogP contribution in [0.3, 0.4) is 0 Å². The molecule has 0 saturated heterocycles. The minimum atomic E-state index is -0.905. The zero-order valence-electron chi connectivity index (χ0n) is 6.94. The van der Waals surface area contributed by atoms with Gasteiger partial charge in [0.2, 0.25) is 0 Å². The first-order chi connectivity index (χ1) is 6.11. The lowest BCUT2D eigenvalue weighted by Gasteiger charge is -1.99. The van der Waals surface area contributed by atoms with Gasteiger partial charge in [0.15, 0.2) is 0 Å². The fourth-order valence-electron chi connectivity index (χ4n) is 0.767. The predicted octanol–water partition coefficient (Wildman–Crippen LogP) is 1.12. The van der Waals surface area contributed by atoms with Crippen LogP contribution in [0.5, 0.6) is 0 Å². The third-order valence-corrected chi connectivity index (χ3v) is 2.57. The van der Waals surface area contributed by atoms with Crippen molar-refractivity contribution in [2.75, 3.05) is 5.75 Å². The summed E-state index contributed by atoms with van der Waals surface area (Å²) in [5.74, 6) is -0.956. The Balaban J connectivity index is 2.83. The molecule has 1 N–H and O–H groups in total. The predicted molar refractivity (Wildman–Crippen MR) is 48.1 cm³/mol. The molecule has 0 radical (unpaired) electrons. The van der Waals surface area contributed by atoms with Crippen LogP contribution in [0.2, 0.25) is 0 Å². The van der Waals surface area contributed by atoms with Crippen LogP contribution >= 0.6 is 11.8 Å². The van der Waals surface area contributed by atoms with Crippen LogP contribution in [0.25, 0.3) is 0 Å². The van der Waals surface area contributed by atoms with Gasteiger partial charge in [0.1, 0.15) is 0 Å². The number of aliphatic carboxylic acids is 1. The summed E-state index contributed by atoms with van der Waals surface area (Å²) in [7, 11) is 0. The Morgan fingerprint density at radius 1 is 1.69 bits per heavy atom. The number of rotatable bonds is 3. The molecule has 0 fully saturated rings. The third kappa shape index (κ3) is 2.62. The van der Waals surface area contributed by atoms with Gasteiger partial charge < -0.3 is 9.52 Å². The molecule has 4 nitrogen and oxygen atoms in total. The highest BCUT2D eigenvalue weighted by molar-refractivity contribution is 8.00. The van der Waals surface area contributed by atoms with Gasteiger partial charge in [-0.3, -0.25) is 4.79 Å². The van der Waals surface area contributed by atoms with Crippen molar-refractivity contribution in [2.24, 2.45) is 0 Å². The molecule has 0 unspecified atom stereocenters. The van der Waals surface area contributed by atoms with Crippen molar-refractivity contribution in [1.29, 1.82) is 0 Å². The Labute approximate surface area is 78.6 Å². The molecule has 1 aromatic heterocycles. The van der Waals surface area contributed by atoms with Gasteiger partial charge in [0.05, 0.1) is 12.0 Å². The monoisotopic (exact) mass is 200 g/mol. The SMILES string of the molecule is Cc1c(SCC(=O)O)ccoc1=O. The topological polar surface area (TPSA) is 67.5 Å². The van der Waals surface area contributed by atoms with E-state index in [0.717, 1.165) is 11.8 Å². The van der Waals surface area contributed by atoms with Crippen molar-refractivity contribution in [3.63, 3.8) is 0 Å². The average molecular weight is 200 g/mol. The molecule has 0 amide bonds. The van der Waals surface area contributed by atoms with Gasteiger partial charge in [-0.15, -0.1) is 11.8 Å². The van der Waals surface area contributed by atoms with Gasteiger partial charge in [-0.25, -0.2) is 4.79 Å².